The van der Waals surface area contributed by atoms with Crippen molar-refractivity contribution in [1.82, 2.24) is 19.4 Å². The van der Waals surface area contributed by atoms with E-state index >= 15 is 0 Å². The second kappa shape index (κ2) is 7.58. The van der Waals surface area contributed by atoms with E-state index in [2.05, 4.69) is 12.1 Å². The Balaban J connectivity index is 1.24. The van der Waals surface area contributed by atoms with E-state index in [0.717, 1.165) is 36.7 Å². The van der Waals surface area contributed by atoms with E-state index in [1.165, 1.54) is 36.8 Å². The second-order valence-corrected chi connectivity index (χ2v) is 10.3. The Hall–Kier alpha value is -2.41. The van der Waals surface area contributed by atoms with Gasteiger partial charge in [0.15, 0.2) is 5.82 Å². The van der Waals surface area contributed by atoms with Crippen molar-refractivity contribution in [3.05, 3.63) is 29.1 Å². The van der Waals surface area contributed by atoms with Gasteiger partial charge >= 0.3 is 0 Å². The first kappa shape index (κ1) is 20.2. The first-order chi connectivity index (χ1) is 15.5. The largest absolute Gasteiger partial charge is 0.393 e. The predicted molar refractivity (Wildman–Crippen MR) is 121 cm³/mol. The van der Waals surface area contributed by atoms with Gasteiger partial charge in [0.05, 0.1) is 17.1 Å². The van der Waals surface area contributed by atoms with Crippen LogP contribution >= 0.6 is 0 Å². The minimum atomic E-state index is -0.234. The zero-order valence-electron chi connectivity index (χ0n) is 18.8. The topological polar surface area (TPSA) is 78.7 Å². The molecule has 1 N–H and O–H groups in total. The second-order valence-electron chi connectivity index (χ2n) is 10.3. The molecule has 1 aliphatic heterocycles. The predicted octanol–water partition coefficient (Wildman–Crippen LogP) is 2.92. The van der Waals surface area contributed by atoms with E-state index in [1.54, 1.807) is 4.90 Å². The number of aromatic nitrogens is 2. The number of benzene rings is 1. The van der Waals surface area contributed by atoms with Gasteiger partial charge in [-0.1, -0.05) is 6.07 Å². The van der Waals surface area contributed by atoms with Gasteiger partial charge in [0.2, 0.25) is 5.91 Å². The van der Waals surface area contributed by atoms with Crippen LogP contribution in [0.25, 0.3) is 11.0 Å². The molecule has 0 spiro atoms. The van der Waals surface area contributed by atoms with Crippen molar-refractivity contribution in [2.75, 3.05) is 19.6 Å². The summed E-state index contributed by atoms with van der Waals surface area (Å²) < 4.78 is 1.94. The highest BCUT2D eigenvalue weighted by Gasteiger charge is 2.36. The summed E-state index contributed by atoms with van der Waals surface area (Å²) in [5, 5.41) is 9.76. The van der Waals surface area contributed by atoms with Crippen LogP contribution in [0.1, 0.15) is 84.9 Å². The van der Waals surface area contributed by atoms with Gasteiger partial charge in [-0.2, -0.15) is 0 Å². The summed E-state index contributed by atoms with van der Waals surface area (Å²) in [6.07, 6.45) is 7.89. The first-order valence-electron chi connectivity index (χ1n) is 12.3. The van der Waals surface area contributed by atoms with Crippen molar-refractivity contribution in [3.8, 4) is 0 Å². The lowest BCUT2D eigenvalue weighted by atomic mass is 9.91. The molecule has 170 valence electrons. The summed E-state index contributed by atoms with van der Waals surface area (Å²) >= 11 is 0. The van der Waals surface area contributed by atoms with Crippen LogP contribution < -0.4 is 0 Å². The number of hydrogen-bond donors (Lipinski definition) is 1. The SMILES string of the molecule is Cn1c(C(=O)N2CCN(C3CCC(O)CC3)C(=O)C2)nc2c(C3CC3)cc(C3CC3)cc21. The molecule has 7 heteroatoms. The maximum absolute atomic E-state index is 13.4. The number of amides is 2. The summed E-state index contributed by atoms with van der Waals surface area (Å²) in [5.41, 5.74) is 4.71. The summed E-state index contributed by atoms with van der Waals surface area (Å²) in [6.45, 7) is 1.22. The van der Waals surface area contributed by atoms with Gasteiger partial charge in [0, 0.05) is 26.2 Å². The lowest BCUT2D eigenvalue weighted by Crippen LogP contribution is -2.56. The number of fused-ring (bicyclic) bond motifs is 1. The third-order valence-corrected chi connectivity index (χ3v) is 7.95. The van der Waals surface area contributed by atoms with Crippen LogP contribution in [0.2, 0.25) is 0 Å². The van der Waals surface area contributed by atoms with Crippen LogP contribution in [0.15, 0.2) is 12.1 Å². The van der Waals surface area contributed by atoms with Gasteiger partial charge in [-0.3, -0.25) is 9.59 Å². The van der Waals surface area contributed by atoms with E-state index in [1.807, 2.05) is 16.5 Å². The van der Waals surface area contributed by atoms with Gasteiger partial charge < -0.3 is 19.5 Å². The Morgan fingerprint density at radius 2 is 1.72 bits per heavy atom. The number of nitrogens with zero attached hydrogens (tertiary/aromatic N) is 4. The lowest BCUT2D eigenvalue weighted by molar-refractivity contribution is -0.138. The fraction of sp³-hybridized carbons (Fsp3) is 0.640. The number of carbonyl (C=O) groups excluding carboxylic acids is 2. The first-order valence-corrected chi connectivity index (χ1v) is 12.3. The van der Waals surface area contributed by atoms with E-state index in [9.17, 15) is 14.7 Å². The Kier molecular flexibility index (Phi) is 4.79. The minimum Gasteiger partial charge on any atom is -0.393 e. The molecule has 6 rings (SSSR count). The van der Waals surface area contributed by atoms with E-state index in [4.69, 9.17) is 4.98 Å². The molecular weight excluding hydrogens is 404 g/mol. The number of hydrogen-bond acceptors (Lipinski definition) is 4. The standard InChI is InChI=1S/C25H32N4O3/c1-27-21-13-17(15-2-3-15)12-20(16-4-5-16)23(21)26-24(27)25(32)28-10-11-29(22(31)14-28)18-6-8-19(30)9-7-18/h12-13,15-16,18-19,30H,2-11,14H2,1H3. The fourth-order valence-corrected chi connectivity index (χ4v) is 5.64. The van der Waals surface area contributed by atoms with Crippen molar-refractivity contribution in [2.24, 2.45) is 7.05 Å². The molecule has 2 heterocycles. The van der Waals surface area contributed by atoms with Crippen molar-refractivity contribution in [1.29, 1.82) is 0 Å². The van der Waals surface area contributed by atoms with Crippen LogP contribution in [0.5, 0.6) is 0 Å². The zero-order valence-corrected chi connectivity index (χ0v) is 18.8. The molecule has 0 radical (unpaired) electrons. The van der Waals surface area contributed by atoms with Crippen molar-refractivity contribution < 1.29 is 14.7 Å². The van der Waals surface area contributed by atoms with Crippen LogP contribution in [0, 0.1) is 0 Å². The average molecular weight is 437 g/mol. The Labute approximate surface area is 188 Å². The Morgan fingerprint density at radius 3 is 2.38 bits per heavy atom. The maximum atomic E-state index is 13.4. The van der Waals surface area contributed by atoms with E-state index in [-0.39, 0.29) is 30.5 Å². The summed E-state index contributed by atoms with van der Waals surface area (Å²) in [6, 6.07) is 4.76. The lowest BCUT2D eigenvalue weighted by Gasteiger charge is -2.41. The smallest absolute Gasteiger partial charge is 0.290 e. The molecule has 1 saturated heterocycles. The third-order valence-electron chi connectivity index (χ3n) is 7.95. The van der Waals surface area contributed by atoms with Gasteiger partial charge in [-0.05, 0) is 80.4 Å². The molecule has 32 heavy (non-hydrogen) atoms. The Morgan fingerprint density at radius 1 is 1.00 bits per heavy atom. The van der Waals surface area contributed by atoms with E-state index < -0.39 is 0 Å². The highest BCUT2D eigenvalue weighted by Crippen LogP contribution is 2.47. The monoisotopic (exact) mass is 436 g/mol. The molecule has 0 bridgehead atoms. The van der Waals surface area contributed by atoms with E-state index in [0.29, 0.717) is 30.7 Å². The molecule has 7 nitrogen and oxygen atoms in total. The minimum absolute atomic E-state index is 0.0134. The van der Waals surface area contributed by atoms with Gasteiger partial charge in [0.1, 0.15) is 6.54 Å². The van der Waals surface area contributed by atoms with Crippen molar-refractivity contribution in [3.63, 3.8) is 0 Å². The van der Waals surface area contributed by atoms with Crippen LogP contribution in [-0.4, -0.2) is 68.1 Å². The van der Waals surface area contributed by atoms with Crippen LogP contribution in [0.4, 0.5) is 0 Å². The fourth-order valence-electron chi connectivity index (χ4n) is 5.64. The molecule has 3 aliphatic carbocycles. The number of aliphatic hydroxyl groups excluding tert-OH is 1. The summed E-state index contributed by atoms with van der Waals surface area (Å²) in [4.78, 5) is 34.7. The molecule has 1 aromatic carbocycles. The number of aryl methyl sites for hydroxylation is 1. The molecule has 0 unspecified atom stereocenters. The highest BCUT2D eigenvalue weighted by atomic mass is 16.3. The molecular formula is C25H32N4O3. The summed E-state index contributed by atoms with van der Waals surface area (Å²) in [5.74, 6) is 1.55. The van der Waals surface area contributed by atoms with Gasteiger partial charge in [-0.15, -0.1) is 0 Å². The van der Waals surface area contributed by atoms with Crippen LogP contribution in [-0.2, 0) is 11.8 Å². The van der Waals surface area contributed by atoms with Gasteiger partial charge in [0.25, 0.3) is 5.91 Å². The highest BCUT2D eigenvalue weighted by molar-refractivity contribution is 5.98. The average Bonchev–Trinajstić information content (AvgIpc) is 3.71. The summed E-state index contributed by atoms with van der Waals surface area (Å²) in [7, 11) is 1.93. The number of rotatable bonds is 4. The molecule has 2 aromatic rings. The number of piperazine rings is 1. The molecule has 2 amide bonds. The number of carbonyl (C=O) groups is 2. The third kappa shape index (κ3) is 3.51. The number of imidazole rings is 1. The molecule has 0 atom stereocenters. The normalized spacial score (nSPS) is 26.8. The number of aliphatic hydroxyl groups is 1. The quantitative estimate of drug-likeness (QED) is 0.799. The molecule has 4 fully saturated rings. The molecule has 3 saturated carbocycles. The molecule has 4 aliphatic rings. The Bertz CT molecular complexity index is 1080. The van der Waals surface area contributed by atoms with Crippen LogP contribution in [0.3, 0.4) is 0 Å². The van der Waals surface area contributed by atoms with Gasteiger partial charge in [-0.25, -0.2) is 4.98 Å². The van der Waals surface area contributed by atoms with Crippen molar-refractivity contribution in [2.45, 2.75) is 75.3 Å². The maximum Gasteiger partial charge on any atom is 0.290 e. The van der Waals surface area contributed by atoms with Crippen molar-refractivity contribution >= 4 is 22.8 Å². The molecule has 1 aromatic heterocycles. The zero-order chi connectivity index (χ0) is 22.0.